The van der Waals surface area contributed by atoms with E-state index in [0.717, 1.165) is 17.5 Å². The van der Waals surface area contributed by atoms with Crippen LogP contribution in [0.4, 0.5) is 10.1 Å². The first kappa shape index (κ1) is 22.6. The van der Waals surface area contributed by atoms with Crippen LogP contribution in [0.3, 0.4) is 0 Å². The predicted molar refractivity (Wildman–Crippen MR) is 120 cm³/mol. The Labute approximate surface area is 180 Å². The van der Waals surface area contributed by atoms with Gasteiger partial charge in [0.2, 0.25) is 5.91 Å². The number of carbonyl (C=O) groups excluding carboxylic acids is 1. The molecule has 30 heavy (non-hydrogen) atoms. The molecule has 0 aliphatic heterocycles. The number of benzene rings is 2. The Balaban J connectivity index is 2.15. The molecule has 5 N–H and O–H groups in total. The second kappa shape index (κ2) is 8.57. The average molecular weight is 432 g/mol. The second-order valence-electron chi connectivity index (χ2n) is 9.05. The van der Waals surface area contributed by atoms with Crippen molar-refractivity contribution in [1.82, 2.24) is 4.72 Å². The highest BCUT2D eigenvalue weighted by molar-refractivity contribution is 7.90. The van der Waals surface area contributed by atoms with Gasteiger partial charge in [0.1, 0.15) is 16.1 Å². The Kier molecular flexibility index (Phi) is 6.45. The molecule has 1 amide bonds. The van der Waals surface area contributed by atoms with Crippen molar-refractivity contribution in [2.24, 2.45) is 11.7 Å². The molecular formula is C23H30FN3O2S. The van der Waals surface area contributed by atoms with E-state index in [9.17, 15) is 13.7 Å². The number of nitrogens with one attached hydrogen (secondary N) is 1. The molecule has 1 aliphatic carbocycles. The maximum absolute atomic E-state index is 14.0. The number of carbonyl (C=O) groups is 1. The minimum Gasteiger partial charge on any atom is -0.598 e. The Morgan fingerprint density at radius 1 is 1.17 bits per heavy atom. The van der Waals surface area contributed by atoms with Crippen LogP contribution in [-0.2, 0) is 16.9 Å². The van der Waals surface area contributed by atoms with Gasteiger partial charge in [-0.25, -0.2) is 4.39 Å². The average Bonchev–Trinajstić information content (AvgIpc) is 3.51. The number of amides is 1. The number of anilines is 1. The first-order chi connectivity index (χ1) is 14.0. The molecule has 2 aromatic rings. The highest BCUT2D eigenvalue weighted by Crippen LogP contribution is 2.42. The normalized spacial score (nSPS) is 17.4. The molecule has 1 saturated carbocycles. The summed E-state index contributed by atoms with van der Waals surface area (Å²) in [5, 5.41) is 0. The number of halogens is 1. The van der Waals surface area contributed by atoms with Crippen LogP contribution in [0.15, 0.2) is 42.5 Å². The molecule has 1 aliphatic rings. The zero-order valence-corrected chi connectivity index (χ0v) is 18.5. The molecular weight excluding hydrogens is 401 g/mol. The summed E-state index contributed by atoms with van der Waals surface area (Å²) >= 11 is -1.40. The molecule has 1 unspecified atom stereocenters. The fourth-order valence-electron chi connectivity index (χ4n) is 3.49. The third-order valence-electron chi connectivity index (χ3n) is 5.60. The van der Waals surface area contributed by atoms with Crippen molar-refractivity contribution in [1.29, 1.82) is 0 Å². The summed E-state index contributed by atoms with van der Waals surface area (Å²) in [6.07, 6.45) is 3.97. The monoisotopic (exact) mass is 431 g/mol. The van der Waals surface area contributed by atoms with E-state index in [1.165, 1.54) is 18.9 Å². The van der Waals surface area contributed by atoms with Gasteiger partial charge in [-0.15, -0.1) is 4.72 Å². The summed E-state index contributed by atoms with van der Waals surface area (Å²) in [6.45, 7) is 5.70. The van der Waals surface area contributed by atoms with Gasteiger partial charge < -0.3 is 16.0 Å². The molecule has 2 atom stereocenters. The molecule has 0 heterocycles. The van der Waals surface area contributed by atoms with Crippen LogP contribution in [0, 0.1) is 11.7 Å². The van der Waals surface area contributed by atoms with Gasteiger partial charge in [-0.05, 0) is 74.9 Å². The smallest absolute Gasteiger partial charge is 0.248 e. The summed E-state index contributed by atoms with van der Waals surface area (Å²) in [7, 11) is 0. The lowest BCUT2D eigenvalue weighted by Crippen LogP contribution is -2.52. The Bertz CT molecular complexity index is 910. The zero-order valence-electron chi connectivity index (χ0n) is 17.7. The lowest BCUT2D eigenvalue weighted by molar-refractivity contribution is 0.1000. The molecule has 0 saturated heterocycles. The van der Waals surface area contributed by atoms with Crippen LogP contribution in [-0.4, -0.2) is 15.2 Å². The van der Waals surface area contributed by atoms with Gasteiger partial charge in [0.25, 0.3) is 0 Å². The maximum Gasteiger partial charge on any atom is 0.248 e. The fourth-order valence-corrected chi connectivity index (χ4v) is 4.45. The summed E-state index contributed by atoms with van der Waals surface area (Å²) in [4.78, 5) is 11.5. The summed E-state index contributed by atoms with van der Waals surface area (Å²) in [5.41, 5.74) is 12.5. The molecule has 0 bridgehead atoms. The first-order valence-corrected chi connectivity index (χ1v) is 11.3. The standard InChI is InChI=1S/C23H30FN3O2S/c1-22(2,3)30(29)27-23(13-12-15-4-5-15,18-10-11-19(24)20(25)14-18)17-8-6-16(7-9-17)21(26)28/h6-11,14-15,27H,4-5,12-13,25H2,1-3H3,(H2,26,28)/t23-,30?/m1/s1. The first-order valence-electron chi connectivity index (χ1n) is 10.2. The van der Waals surface area contributed by atoms with Crippen LogP contribution in [0.1, 0.15) is 67.9 Å². The van der Waals surface area contributed by atoms with E-state index >= 15 is 0 Å². The van der Waals surface area contributed by atoms with Crippen LogP contribution in [0.25, 0.3) is 0 Å². The SMILES string of the molecule is CC(C)(C)[S+]([O-])N[C@](CCC1CC1)(c1ccc(C(N)=O)cc1)c1ccc(F)c(N)c1. The van der Waals surface area contributed by atoms with E-state index in [1.54, 1.807) is 24.3 Å². The van der Waals surface area contributed by atoms with Crippen LogP contribution >= 0.6 is 0 Å². The highest BCUT2D eigenvalue weighted by atomic mass is 32.2. The Morgan fingerprint density at radius 3 is 2.27 bits per heavy atom. The Hall–Kier alpha value is -2.09. The molecule has 0 spiro atoms. The van der Waals surface area contributed by atoms with Gasteiger partial charge in [0.15, 0.2) is 0 Å². The van der Waals surface area contributed by atoms with Gasteiger partial charge in [-0.3, -0.25) is 4.79 Å². The van der Waals surface area contributed by atoms with E-state index in [1.807, 2.05) is 32.9 Å². The van der Waals surface area contributed by atoms with Crippen molar-refractivity contribution in [3.05, 3.63) is 65.0 Å². The van der Waals surface area contributed by atoms with Gasteiger partial charge >= 0.3 is 0 Å². The van der Waals surface area contributed by atoms with Crippen molar-refractivity contribution in [3.8, 4) is 0 Å². The molecule has 0 aromatic heterocycles. The van der Waals surface area contributed by atoms with Crippen LogP contribution in [0.5, 0.6) is 0 Å². The largest absolute Gasteiger partial charge is 0.598 e. The van der Waals surface area contributed by atoms with E-state index in [2.05, 4.69) is 4.72 Å². The van der Waals surface area contributed by atoms with Crippen molar-refractivity contribution in [2.45, 2.75) is 56.7 Å². The predicted octanol–water partition coefficient (Wildman–Crippen LogP) is 3.99. The van der Waals surface area contributed by atoms with E-state index in [4.69, 9.17) is 11.5 Å². The van der Waals surface area contributed by atoms with Crippen molar-refractivity contribution in [2.75, 3.05) is 5.73 Å². The number of hydrogen-bond acceptors (Lipinski definition) is 4. The Morgan fingerprint density at radius 2 is 1.77 bits per heavy atom. The molecule has 7 heteroatoms. The van der Waals surface area contributed by atoms with Gasteiger partial charge in [-0.2, -0.15) is 0 Å². The molecule has 2 aromatic carbocycles. The number of rotatable bonds is 8. The number of primary amides is 1. The van der Waals surface area contributed by atoms with Gasteiger partial charge in [0, 0.05) is 16.9 Å². The number of nitrogen functional groups attached to an aromatic ring is 1. The van der Waals surface area contributed by atoms with Crippen LogP contribution in [0.2, 0.25) is 0 Å². The van der Waals surface area contributed by atoms with E-state index in [-0.39, 0.29) is 5.69 Å². The molecule has 162 valence electrons. The molecule has 0 radical (unpaired) electrons. The second-order valence-corrected chi connectivity index (χ2v) is 11.0. The number of hydrogen-bond donors (Lipinski definition) is 3. The highest BCUT2D eigenvalue weighted by Gasteiger charge is 2.43. The lowest BCUT2D eigenvalue weighted by atomic mass is 9.79. The molecule has 5 nitrogen and oxygen atoms in total. The van der Waals surface area contributed by atoms with Crippen molar-refractivity contribution in [3.63, 3.8) is 0 Å². The van der Waals surface area contributed by atoms with Crippen LogP contribution < -0.4 is 16.2 Å². The minimum atomic E-state index is -1.40. The van der Waals surface area contributed by atoms with Crippen molar-refractivity contribution < 1.29 is 13.7 Å². The van der Waals surface area contributed by atoms with Gasteiger partial charge in [0.05, 0.1) is 5.69 Å². The van der Waals surface area contributed by atoms with E-state index < -0.39 is 33.4 Å². The fraction of sp³-hybridized carbons (Fsp3) is 0.435. The van der Waals surface area contributed by atoms with Crippen molar-refractivity contribution >= 4 is 23.0 Å². The quantitative estimate of drug-likeness (QED) is 0.434. The summed E-state index contributed by atoms with van der Waals surface area (Å²) < 4.78 is 30.0. The third-order valence-corrected chi connectivity index (χ3v) is 7.24. The van der Waals surface area contributed by atoms with E-state index in [0.29, 0.717) is 17.9 Å². The lowest BCUT2D eigenvalue weighted by Gasteiger charge is -2.39. The topological polar surface area (TPSA) is 104 Å². The van der Waals surface area contributed by atoms with Gasteiger partial charge in [-0.1, -0.05) is 31.0 Å². The molecule has 1 fully saturated rings. The molecule has 3 rings (SSSR count). The summed E-state index contributed by atoms with van der Waals surface area (Å²) in [5.74, 6) is -0.366. The minimum absolute atomic E-state index is 0.0420. The summed E-state index contributed by atoms with van der Waals surface area (Å²) in [6, 6.07) is 11.6. The zero-order chi connectivity index (χ0) is 22.1. The maximum atomic E-state index is 14.0. The third kappa shape index (κ3) is 4.96. The number of nitrogens with two attached hydrogens (primary N) is 2.